The van der Waals surface area contributed by atoms with Crippen molar-refractivity contribution in [3.05, 3.63) is 43.4 Å². The first-order valence-electron chi connectivity index (χ1n) is 14.2. The summed E-state index contributed by atoms with van der Waals surface area (Å²) < 4.78 is 8.32. The monoisotopic (exact) mass is 607 g/mol. The summed E-state index contributed by atoms with van der Waals surface area (Å²) in [6, 6.07) is 0.119. The van der Waals surface area contributed by atoms with Crippen molar-refractivity contribution in [1.82, 2.24) is 29.2 Å². The van der Waals surface area contributed by atoms with Crippen molar-refractivity contribution in [2.45, 2.75) is 87.2 Å². The van der Waals surface area contributed by atoms with Gasteiger partial charge in [0.05, 0.1) is 22.9 Å². The number of rotatable bonds is 10. The number of carbonyl (C=O) groups is 2. The molecule has 0 saturated heterocycles. The van der Waals surface area contributed by atoms with E-state index >= 15 is 0 Å². The summed E-state index contributed by atoms with van der Waals surface area (Å²) in [5, 5.41) is 33.3. The Morgan fingerprint density at radius 3 is 2.20 bits per heavy atom. The first kappa shape index (κ1) is 33.4. The smallest absolute Gasteiger partial charge is 0.336 e. The Balaban J connectivity index is 0.000000266. The Morgan fingerprint density at radius 1 is 1.09 bits per heavy atom. The lowest BCUT2D eigenvalue weighted by atomic mass is 9.91. The highest BCUT2D eigenvalue weighted by Gasteiger charge is 2.35. The number of unbranched alkanes of at least 4 members (excludes halogenated alkanes) is 1. The number of anilines is 1. The first-order valence-corrected chi connectivity index (χ1v) is 14.2. The van der Waals surface area contributed by atoms with Crippen LogP contribution in [-0.4, -0.2) is 57.1 Å². The molecule has 0 fully saturated rings. The zero-order valence-electron chi connectivity index (χ0n) is 26.1. The second kappa shape index (κ2) is 13.4. The lowest BCUT2D eigenvalue weighted by molar-refractivity contribution is -0.386. The summed E-state index contributed by atoms with van der Waals surface area (Å²) in [6.07, 6.45) is 3.05. The van der Waals surface area contributed by atoms with Gasteiger partial charge in [-0.1, -0.05) is 32.3 Å². The molecule has 15 heteroatoms. The molecule has 234 valence electrons. The maximum Gasteiger partial charge on any atom is 0.336 e. The zero-order chi connectivity index (χ0) is 33.0. The van der Waals surface area contributed by atoms with Crippen LogP contribution in [0.4, 0.5) is 17.3 Å². The molecule has 1 atom stereocenters. The molecular weight excluding hydrogens is 570 g/mol. The minimum Gasteiger partial charge on any atom is -0.478 e. The van der Waals surface area contributed by atoms with E-state index in [1.807, 2.05) is 20.8 Å². The van der Waals surface area contributed by atoms with Crippen LogP contribution in [0.5, 0.6) is 6.01 Å². The number of nitro groups is 1. The van der Waals surface area contributed by atoms with Gasteiger partial charge < -0.3 is 15.6 Å². The Kier molecular flexibility index (Phi) is 10.2. The number of nitrogens with zero attached hydrogens (tertiary/aromatic N) is 8. The normalized spacial score (nSPS) is 11.7. The van der Waals surface area contributed by atoms with Crippen LogP contribution in [0.1, 0.15) is 102 Å². The Morgan fingerprint density at radius 2 is 1.73 bits per heavy atom. The highest BCUT2D eigenvalue weighted by Crippen LogP contribution is 2.29. The summed E-state index contributed by atoms with van der Waals surface area (Å²) >= 11 is 0. The third-order valence-electron chi connectivity index (χ3n) is 6.89. The van der Waals surface area contributed by atoms with Crippen molar-refractivity contribution in [3.8, 4) is 6.01 Å². The van der Waals surface area contributed by atoms with Gasteiger partial charge >= 0.3 is 17.7 Å². The van der Waals surface area contributed by atoms with E-state index < -0.39 is 10.9 Å². The van der Waals surface area contributed by atoms with E-state index in [0.29, 0.717) is 29.1 Å². The van der Waals surface area contributed by atoms with Crippen molar-refractivity contribution in [3.63, 3.8) is 0 Å². The minimum atomic E-state index is -1.21. The van der Waals surface area contributed by atoms with Gasteiger partial charge in [-0.15, -0.1) is 15.3 Å². The number of hydrogen-bond donors (Lipinski definition) is 2. The Hall–Kier alpha value is -5.13. The van der Waals surface area contributed by atoms with Crippen LogP contribution < -0.4 is 21.2 Å². The maximum atomic E-state index is 13.3. The third-order valence-corrected chi connectivity index (χ3v) is 6.89. The van der Waals surface area contributed by atoms with Gasteiger partial charge in [-0.25, -0.2) is 14.2 Å². The molecule has 0 amide bonds. The second-order valence-corrected chi connectivity index (χ2v) is 10.9. The predicted octanol–water partition coefficient (Wildman–Crippen LogP) is 4.20. The molecule has 4 rings (SSSR count). The highest BCUT2D eigenvalue weighted by atomic mass is 16.6. The van der Waals surface area contributed by atoms with Gasteiger partial charge in [-0.3, -0.25) is 19.3 Å². The molecule has 1 unspecified atom stereocenters. The van der Waals surface area contributed by atoms with Crippen LogP contribution in [0.3, 0.4) is 0 Å². The quantitative estimate of drug-likeness (QED) is 0.113. The minimum absolute atomic E-state index is 0.0465. The molecule has 0 spiro atoms. The average molecular weight is 608 g/mol. The molecule has 4 heterocycles. The molecule has 4 aromatic rings. The van der Waals surface area contributed by atoms with Gasteiger partial charge in [0.1, 0.15) is 16.5 Å². The van der Waals surface area contributed by atoms with Crippen molar-refractivity contribution in [2.75, 3.05) is 5.73 Å². The zero-order valence-corrected chi connectivity index (χ0v) is 26.1. The van der Waals surface area contributed by atoms with E-state index in [2.05, 4.69) is 32.0 Å². The van der Waals surface area contributed by atoms with Gasteiger partial charge in [0.25, 0.3) is 0 Å². The van der Waals surface area contributed by atoms with E-state index in [4.69, 9.17) is 22.1 Å². The molecule has 0 aliphatic rings. The topological polar surface area (TPSA) is 198 Å². The van der Waals surface area contributed by atoms with Crippen LogP contribution in [-0.2, 0) is 0 Å². The van der Waals surface area contributed by atoms with Crippen LogP contribution in [0.15, 0.2) is 0 Å². The van der Waals surface area contributed by atoms with Crippen LogP contribution >= 0.6 is 0 Å². The molecule has 4 aromatic heterocycles. The van der Waals surface area contributed by atoms with Crippen molar-refractivity contribution >= 4 is 51.5 Å². The molecule has 0 aliphatic heterocycles. The number of carbonyl (C=O) groups excluding carboxylic acids is 1. The number of nitrogens with two attached hydrogens (primary N) is 1. The van der Waals surface area contributed by atoms with E-state index in [9.17, 15) is 19.7 Å². The van der Waals surface area contributed by atoms with E-state index in [1.54, 1.807) is 27.7 Å². The van der Waals surface area contributed by atoms with Crippen LogP contribution in [0, 0.1) is 22.6 Å². The number of ether oxygens (including phenoxy) is 1. The fourth-order valence-electron chi connectivity index (χ4n) is 5.00. The number of hydrogen-bond acceptors (Lipinski definition) is 10. The number of aromatic carboxylic acids is 1. The fraction of sp³-hybridized carbons (Fsp3) is 0.483. The SMILES string of the molecule is CCCCC(CC)C(=O)c1c([N+](=O)[O-])c(=C(C)C)n2nc(OC(C)C)nc12.[C-]#[N+]c1c(C(=O)O)c2nnc(N)n2c1=C(C)C. The molecule has 0 aromatic carbocycles. The van der Waals surface area contributed by atoms with Crippen molar-refractivity contribution < 1.29 is 24.4 Å². The Labute approximate surface area is 253 Å². The predicted molar refractivity (Wildman–Crippen MR) is 164 cm³/mol. The lowest BCUT2D eigenvalue weighted by Gasteiger charge is -2.11. The molecule has 44 heavy (non-hydrogen) atoms. The lowest BCUT2D eigenvalue weighted by Crippen LogP contribution is -2.19. The fourth-order valence-corrected chi connectivity index (χ4v) is 5.00. The molecule has 15 nitrogen and oxygen atoms in total. The van der Waals surface area contributed by atoms with Crippen molar-refractivity contribution in [2.24, 2.45) is 5.92 Å². The number of ketones is 1. The summed E-state index contributed by atoms with van der Waals surface area (Å²) in [7, 11) is 0. The van der Waals surface area contributed by atoms with Gasteiger partial charge in [0, 0.05) is 5.92 Å². The van der Waals surface area contributed by atoms with Gasteiger partial charge in [-0.2, -0.15) is 4.98 Å². The standard InChI is InChI=1S/C19H28N4O4.C10H9N5O2/c1-7-9-10-13(8-2)17(24)14-16(23(25)26)15(11(3)4)22-18(14)20-19(21-22)27-12(5)6;1-4(2)7-6(12-3)5(9(16)17)8-13-14-10(11)15(7)8/h12-13H,7-10H2,1-6H3;1-2H3,(H2,11,14)(H,16,17). The molecule has 0 saturated carbocycles. The molecule has 0 radical (unpaired) electrons. The van der Waals surface area contributed by atoms with Crippen LogP contribution in [0.2, 0.25) is 0 Å². The van der Waals surface area contributed by atoms with E-state index in [-0.39, 0.29) is 63.6 Å². The van der Waals surface area contributed by atoms with Gasteiger partial charge in [-0.05, 0) is 60.0 Å². The average Bonchev–Trinajstić information content (AvgIpc) is 3.67. The maximum absolute atomic E-state index is 13.3. The van der Waals surface area contributed by atoms with E-state index in [1.165, 1.54) is 8.92 Å². The van der Waals surface area contributed by atoms with Gasteiger partial charge in [0.2, 0.25) is 11.6 Å². The molecule has 3 N–H and O–H groups in total. The number of carboxylic acid groups (broad SMARTS) is 1. The number of aromatic nitrogens is 6. The van der Waals surface area contributed by atoms with Crippen LogP contribution in [0.25, 0.3) is 27.3 Å². The van der Waals surface area contributed by atoms with E-state index in [0.717, 1.165) is 18.4 Å². The molecule has 0 aliphatic carbocycles. The number of Topliss-reactive ketones (excluding diaryl/α,β-unsaturated/α-hetero) is 1. The summed E-state index contributed by atoms with van der Waals surface area (Å²) in [6.45, 7) is 21.8. The number of nitrogen functional groups attached to an aromatic ring is 1. The van der Waals surface area contributed by atoms with Crippen molar-refractivity contribution in [1.29, 1.82) is 0 Å². The van der Waals surface area contributed by atoms with Gasteiger partial charge in [0.15, 0.2) is 17.1 Å². The highest BCUT2D eigenvalue weighted by molar-refractivity contribution is 6.07. The number of fused-ring (bicyclic) bond motifs is 2. The summed E-state index contributed by atoms with van der Waals surface area (Å²) in [4.78, 5) is 43.3. The second-order valence-electron chi connectivity index (χ2n) is 10.9. The molecular formula is C29H37N9O6. The summed E-state index contributed by atoms with van der Waals surface area (Å²) in [5.74, 6) is -1.64. The third kappa shape index (κ3) is 6.14. The molecule has 0 bridgehead atoms. The largest absolute Gasteiger partial charge is 0.478 e. The Bertz CT molecular complexity index is 1890. The summed E-state index contributed by atoms with van der Waals surface area (Å²) in [5.41, 5.74) is 7.15. The number of carboxylic acids is 1. The first-order chi connectivity index (χ1) is 20.7.